The molecule has 0 bridgehead atoms. The zero-order valence-electron chi connectivity index (χ0n) is 18.9. The number of pyridine rings is 1. The van der Waals surface area contributed by atoms with Gasteiger partial charge in [0.05, 0.1) is 23.6 Å². The molecule has 4 N–H and O–H groups in total. The summed E-state index contributed by atoms with van der Waals surface area (Å²) in [5.74, 6) is -1.18. The molecule has 0 radical (unpaired) electrons. The van der Waals surface area contributed by atoms with Crippen molar-refractivity contribution < 1.29 is 28.2 Å². The monoisotopic (exact) mass is 506 g/mol. The molecule has 1 aromatic heterocycles. The lowest BCUT2D eigenvalue weighted by Gasteiger charge is -2.23. The highest BCUT2D eigenvalue weighted by Crippen LogP contribution is 2.20. The zero-order valence-corrected chi connectivity index (χ0v) is 19.7. The van der Waals surface area contributed by atoms with Gasteiger partial charge in [-0.1, -0.05) is 23.7 Å². The van der Waals surface area contributed by atoms with Gasteiger partial charge in [-0.25, -0.2) is 18.6 Å². The van der Waals surface area contributed by atoms with Gasteiger partial charge in [0.15, 0.2) is 0 Å². The van der Waals surface area contributed by atoms with Crippen LogP contribution in [0.5, 0.6) is 0 Å². The summed E-state index contributed by atoms with van der Waals surface area (Å²) in [4.78, 5) is 28.1. The third kappa shape index (κ3) is 8.13. The Labute approximate surface area is 205 Å². The maximum Gasteiger partial charge on any atom is 0.412 e. The fourth-order valence-corrected chi connectivity index (χ4v) is 3.47. The number of fused-ring (bicyclic) bond motifs is 1. The summed E-state index contributed by atoms with van der Waals surface area (Å²) in [5.41, 5.74) is -0.836. The third-order valence-corrected chi connectivity index (χ3v) is 5.39. The van der Waals surface area contributed by atoms with E-state index in [1.54, 1.807) is 12.1 Å². The Morgan fingerprint density at radius 3 is 2.77 bits per heavy atom. The van der Waals surface area contributed by atoms with Crippen LogP contribution in [0.1, 0.15) is 18.9 Å². The van der Waals surface area contributed by atoms with Crippen LogP contribution < -0.4 is 16.0 Å². The second kappa shape index (κ2) is 11.9. The van der Waals surface area contributed by atoms with Crippen molar-refractivity contribution in [1.29, 1.82) is 0 Å². The van der Waals surface area contributed by atoms with E-state index in [0.29, 0.717) is 10.9 Å². The molecule has 0 saturated carbocycles. The molecule has 3 rings (SSSR count). The number of anilines is 1. The number of aliphatic hydroxyl groups is 1. The van der Waals surface area contributed by atoms with Gasteiger partial charge in [-0.3, -0.25) is 10.1 Å². The number of carbonyl (C=O) groups is 2. The molecule has 8 nitrogen and oxygen atoms in total. The minimum atomic E-state index is -1.37. The SMILES string of the molecule is CC(O)(CNCc1cccc(F)c1Cl)CC(=O)NCCOC(=O)Nc1cc2cc(F)ccc2cn1. The highest BCUT2D eigenvalue weighted by atomic mass is 35.5. The Kier molecular flexibility index (Phi) is 8.91. The van der Waals surface area contributed by atoms with E-state index in [1.807, 2.05) is 0 Å². The largest absolute Gasteiger partial charge is 0.447 e. The number of ether oxygens (including phenoxy) is 1. The fraction of sp³-hybridized carbons (Fsp3) is 0.292. The van der Waals surface area contributed by atoms with Crippen molar-refractivity contribution in [2.75, 3.05) is 25.0 Å². The Bertz CT molecular complexity index is 1210. The first-order valence-corrected chi connectivity index (χ1v) is 11.1. The molecule has 0 fully saturated rings. The summed E-state index contributed by atoms with van der Waals surface area (Å²) in [6.07, 6.45) is 0.508. The van der Waals surface area contributed by atoms with E-state index in [0.717, 1.165) is 5.39 Å². The maximum absolute atomic E-state index is 13.5. The molecule has 1 heterocycles. The van der Waals surface area contributed by atoms with E-state index in [-0.39, 0.29) is 43.5 Å². The standard InChI is InChI=1S/C24H25ClF2N4O4/c1-24(34,14-28-12-16-3-2-4-19(27)22(16)25)11-21(32)29-7-8-35-23(33)31-20-10-17-9-18(26)6-5-15(17)13-30-20/h2-6,9-10,13,28,34H,7-8,11-12,14H2,1H3,(H,29,32)(H,30,31,33). The van der Waals surface area contributed by atoms with Crippen LogP contribution in [-0.4, -0.2) is 47.4 Å². The molecule has 35 heavy (non-hydrogen) atoms. The van der Waals surface area contributed by atoms with E-state index in [1.165, 1.54) is 43.5 Å². The lowest BCUT2D eigenvalue weighted by molar-refractivity contribution is -0.125. The lowest BCUT2D eigenvalue weighted by atomic mass is 10.0. The molecule has 1 atom stereocenters. The van der Waals surface area contributed by atoms with Crippen molar-refractivity contribution >= 4 is 40.2 Å². The molecular formula is C24H25ClF2N4O4. The summed E-state index contributed by atoms with van der Waals surface area (Å²) in [6.45, 7) is 1.69. The molecule has 186 valence electrons. The summed E-state index contributed by atoms with van der Waals surface area (Å²) in [5, 5.41) is 19.7. The van der Waals surface area contributed by atoms with Gasteiger partial charge in [0.1, 0.15) is 24.1 Å². The number of hydrogen-bond donors (Lipinski definition) is 4. The van der Waals surface area contributed by atoms with Crippen LogP contribution in [0.3, 0.4) is 0 Å². The van der Waals surface area contributed by atoms with Crippen LogP contribution in [0, 0.1) is 11.6 Å². The number of carbonyl (C=O) groups excluding carboxylic acids is 2. The quantitative estimate of drug-likeness (QED) is 0.311. The van der Waals surface area contributed by atoms with Crippen molar-refractivity contribution in [3.63, 3.8) is 0 Å². The van der Waals surface area contributed by atoms with Crippen LogP contribution in [0.2, 0.25) is 5.02 Å². The summed E-state index contributed by atoms with van der Waals surface area (Å²) < 4.78 is 31.8. The maximum atomic E-state index is 13.5. The Balaban J connectivity index is 1.34. The van der Waals surface area contributed by atoms with Crippen molar-refractivity contribution in [1.82, 2.24) is 15.6 Å². The first-order chi connectivity index (χ1) is 16.6. The number of halogens is 3. The molecular weight excluding hydrogens is 482 g/mol. The first kappa shape index (κ1) is 26.3. The highest BCUT2D eigenvalue weighted by Gasteiger charge is 2.24. The molecule has 1 unspecified atom stereocenters. The number of hydrogen-bond acceptors (Lipinski definition) is 6. The topological polar surface area (TPSA) is 113 Å². The average Bonchev–Trinajstić information content (AvgIpc) is 2.79. The second-order valence-corrected chi connectivity index (χ2v) is 8.54. The van der Waals surface area contributed by atoms with Gasteiger partial charge < -0.3 is 20.5 Å². The van der Waals surface area contributed by atoms with Gasteiger partial charge in [-0.05, 0) is 48.2 Å². The van der Waals surface area contributed by atoms with Gasteiger partial charge in [-0.2, -0.15) is 0 Å². The van der Waals surface area contributed by atoms with E-state index < -0.39 is 29.2 Å². The smallest absolute Gasteiger partial charge is 0.412 e. The number of amides is 2. The molecule has 3 aromatic rings. The van der Waals surface area contributed by atoms with E-state index >= 15 is 0 Å². The molecule has 0 spiro atoms. The highest BCUT2D eigenvalue weighted by molar-refractivity contribution is 6.31. The fourth-order valence-electron chi connectivity index (χ4n) is 3.28. The van der Waals surface area contributed by atoms with E-state index in [9.17, 15) is 23.5 Å². The summed E-state index contributed by atoms with van der Waals surface area (Å²) in [7, 11) is 0. The average molecular weight is 507 g/mol. The molecule has 0 aliphatic rings. The zero-order chi connectivity index (χ0) is 25.4. The molecule has 0 aliphatic heterocycles. The number of rotatable bonds is 10. The number of aromatic nitrogens is 1. The third-order valence-electron chi connectivity index (χ3n) is 4.97. The molecule has 0 aliphatic carbocycles. The number of nitrogens with zero attached hydrogens (tertiary/aromatic N) is 1. The van der Waals surface area contributed by atoms with Gasteiger partial charge in [0.2, 0.25) is 5.91 Å². The Morgan fingerprint density at radius 2 is 1.97 bits per heavy atom. The molecule has 2 aromatic carbocycles. The van der Waals surface area contributed by atoms with Gasteiger partial charge in [-0.15, -0.1) is 0 Å². The van der Waals surface area contributed by atoms with Crippen molar-refractivity contribution in [3.05, 3.63) is 70.9 Å². The first-order valence-electron chi connectivity index (χ1n) is 10.7. The van der Waals surface area contributed by atoms with E-state index in [4.69, 9.17) is 16.3 Å². The van der Waals surface area contributed by atoms with Crippen LogP contribution in [0.25, 0.3) is 10.8 Å². The summed E-state index contributed by atoms with van der Waals surface area (Å²) >= 11 is 5.90. The molecule has 0 saturated heterocycles. The van der Waals surface area contributed by atoms with Crippen LogP contribution in [-0.2, 0) is 16.1 Å². The summed E-state index contributed by atoms with van der Waals surface area (Å²) in [6, 6.07) is 10.2. The lowest BCUT2D eigenvalue weighted by Crippen LogP contribution is -2.42. The predicted octanol–water partition coefficient (Wildman–Crippen LogP) is 3.76. The molecule has 2 amide bonds. The minimum absolute atomic E-state index is 0.00622. The van der Waals surface area contributed by atoms with Crippen LogP contribution >= 0.6 is 11.6 Å². The normalized spacial score (nSPS) is 12.7. The van der Waals surface area contributed by atoms with Crippen LogP contribution in [0.4, 0.5) is 19.4 Å². The second-order valence-electron chi connectivity index (χ2n) is 8.16. The Hall–Kier alpha value is -3.34. The van der Waals surface area contributed by atoms with Crippen LogP contribution in [0.15, 0.2) is 48.7 Å². The Morgan fingerprint density at radius 1 is 1.17 bits per heavy atom. The minimum Gasteiger partial charge on any atom is -0.447 e. The van der Waals surface area contributed by atoms with Gasteiger partial charge in [0, 0.05) is 24.7 Å². The van der Waals surface area contributed by atoms with E-state index in [2.05, 4.69) is 20.9 Å². The van der Waals surface area contributed by atoms with Gasteiger partial charge in [0.25, 0.3) is 0 Å². The number of benzene rings is 2. The molecule has 11 heteroatoms. The number of nitrogens with one attached hydrogen (secondary N) is 3. The van der Waals surface area contributed by atoms with Gasteiger partial charge >= 0.3 is 6.09 Å². The van der Waals surface area contributed by atoms with Crippen molar-refractivity contribution in [3.8, 4) is 0 Å². The van der Waals surface area contributed by atoms with Crippen molar-refractivity contribution in [2.45, 2.75) is 25.5 Å². The van der Waals surface area contributed by atoms with Crippen molar-refractivity contribution in [2.24, 2.45) is 0 Å². The predicted molar refractivity (Wildman–Crippen MR) is 128 cm³/mol.